The van der Waals surface area contributed by atoms with E-state index in [4.69, 9.17) is 14.2 Å². The van der Waals surface area contributed by atoms with Crippen LogP contribution in [0.3, 0.4) is 0 Å². The van der Waals surface area contributed by atoms with Crippen molar-refractivity contribution in [3.8, 4) is 5.75 Å². The number of benzene rings is 1. The Morgan fingerprint density at radius 3 is 2.45 bits per heavy atom. The number of nitrogens with one attached hydrogen (secondary N) is 1. The van der Waals surface area contributed by atoms with Crippen molar-refractivity contribution in [2.75, 3.05) is 20.8 Å². The zero-order valence-corrected chi connectivity index (χ0v) is 13.2. The molecule has 0 saturated carbocycles. The summed E-state index contributed by atoms with van der Waals surface area (Å²) in [5.41, 5.74) is 2.01. The fourth-order valence-electron chi connectivity index (χ4n) is 2.25. The lowest BCUT2D eigenvalue weighted by Gasteiger charge is -2.25. The van der Waals surface area contributed by atoms with Crippen molar-refractivity contribution in [1.82, 2.24) is 5.32 Å². The molecule has 0 spiro atoms. The van der Waals surface area contributed by atoms with Gasteiger partial charge in [-0.25, -0.2) is 9.79 Å². The van der Waals surface area contributed by atoms with Gasteiger partial charge in [0.25, 0.3) is 6.02 Å². The summed E-state index contributed by atoms with van der Waals surface area (Å²) in [5.74, 6) is 0.360. The summed E-state index contributed by atoms with van der Waals surface area (Å²) in [6.07, 6.45) is 0. The maximum absolute atomic E-state index is 12.3. The molecule has 1 aromatic carbocycles. The maximum Gasteiger partial charge on any atom is 0.338 e. The summed E-state index contributed by atoms with van der Waals surface area (Å²) < 4.78 is 15.5. The largest absolute Gasteiger partial charge is 0.497 e. The van der Waals surface area contributed by atoms with E-state index < -0.39 is 6.04 Å². The number of carbonyl (C=O) groups is 1. The minimum atomic E-state index is -0.471. The van der Waals surface area contributed by atoms with Crippen molar-refractivity contribution >= 4 is 12.0 Å². The van der Waals surface area contributed by atoms with Gasteiger partial charge in [0.05, 0.1) is 26.4 Å². The molecule has 1 N–H and O–H groups in total. The Balaban J connectivity index is 2.42. The Morgan fingerprint density at radius 1 is 1.23 bits per heavy atom. The van der Waals surface area contributed by atoms with Gasteiger partial charge in [0.1, 0.15) is 11.8 Å². The highest BCUT2D eigenvalue weighted by Crippen LogP contribution is 2.32. The summed E-state index contributed by atoms with van der Waals surface area (Å²) in [7, 11) is 3.13. The van der Waals surface area contributed by atoms with Gasteiger partial charge in [-0.05, 0) is 31.5 Å². The van der Waals surface area contributed by atoms with E-state index in [2.05, 4.69) is 10.3 Å². The van der Waals surface area contributed by atoms with Gasteiger partial charge in [-0.3, -0.25) is 0 Å². The summed E-state index contributed by atoms with van der Waals surface area (Å²) in [5, 5.41) is 2.96. The first-order valence-corrected chi connectivity index (χ1v) is 7.01. The molecular formula is C16H20N2O4. The van der Waals surface area contributed by atoms with Gasteiger partial charge in [0.2, 0.25) is 0 Å². The first-order chi connectivity index (χ1) is 10.6. The number of hydrogen-bond acceptors (Lipinski definition) is 6. The monoisotopic (exact) mass is 304 g/mol. The third-order valence-electron chi connectivity index (χ3n) is 3.34. The van der Waals surface area contributed by atoms with Crippen LogP contribution in [0, 0.1) is 0 Å². The molecule has 1 unspecified atom stereocenters. The molecule has 1 atom stereocenters. The highest BCUT2D eigenvalue weighted by atomic mass is 16.5. The molecule has 6 heteroatoms. The fourth-order valence-corrected chi connectivity index (χ4v) is 2.25. The Hall–Kier alpha value is -2.50. The van der Waals surface area contributed by atoms with Crippen LogP contribution in [-0.4, -0.2) is 32.8 Å². The minimum Gasteiger partial charge on any atom is -0.497 e. The molecule has 6 nitrogen and oxygen atoms in total. The summed E-state index contributed by atoms with van der Waals surface area (Å²) >= 11 is 0. The summed E-state index contributed by atoms with van der Waals surface area (Å²) in [6.45, 7) is 3.89. The SMILES string of the molecule is CCOC(=O)C1=C(C)NC(OC)=NC1c1ccc(OC)cc1. The molecule has 1 aliphatic heterocycles. The van der Waals surface area contributed by atoms with Gasteiger partial charge in [-0.15, -0.1) is 0 Å². The second kappa shape index (κ2) is 6.98. The lowest BCUT2D eigenvalue weighted by Crippen LogP contribution is -2.33. The number of methoxy groups -OCH3 is 2. The number of ether oxygens (including phenoxy) is 3. The standard InChI is InChI=1S/C16H20N2O4/c1-5-22-15(19)13-10(2)17-16(21-4)18-14(13)11-6-8-12(20-3)9-7-11/h6-9,14H,5H2,1-4H3,(H,17,18). The number of rotatable bonds is 4. The highest BCUT2D eigenvalue weighted by Gasteiger charge is 2.30. The van der Waals surface area contributed by atoms with E-state index >= 15 is 0 Å². The van der Waals surface area contributed by atoms with E-state index in [0.717, 1.165) is 11.3 Å². The number of esters is 1. The topological polar surface area (TPSA) is 69.2 Å². The Labute approximate surface area is 129 Å². The number of hydrogen-bond donors (Lipinski definition) is 1. The van der Waals surface area contributed by atoms with Gasteiger partial charge >= 0.3 is 5.97 Å². The zero-order chi connectivity index (χ0) is 16.1. The van der Waals surface area contributed by atoms with E-state index in [0.29, 0.717) is 23.9 Å². The number of allylic oxidation sites excluding steroid dienone is 1. The molecule has 1 aliphatic rings. The van der Waals surface area contributed by atoms with Crippen molar-refractivity contribution in [1.29, 1.82) is 0 Å². The van der Waals surface area contributed by atoms with Crippen LogP contribution >= 0.6 is 0 Å². The molecule has 0 bridgehead atoms. The van der Waals surface area contributed by atoms with E-state index in [-0.39, 0.29) is 5.97 Å². The first kappa shape index (κ1) is 15.9. The second-order valence-electron chi connectivity index (χ2n) is 4.70. The number of aliphatic imine (C=N–C) groups is 1. The molecule has 0 aliphatic carbocycles. The smallest absolute Gasteiger partial charge is 0.338 e. The lowest BCUT2D eigenvalue weighted by molar-refractivity contribution is -0.138. The van der Waals surface area contributed by atoms with Crippen LogP contribution in [0.5, 0.6) is 5.75 Å². The number of amidine groups is 1. The summed E-state index contributed by atoms with van der Waals surface area (Å²) in [4.78, 5) is 16.7. The lowest BCUT2D eigenvalue weighted by atomic mass is 9.96. The van der Waals surface area contributed by atoms with Gasteiger partial charge < -0.3 is 19.5 Å². The Kier molecular flexibility index (Phi) is 5.04. The molecule has 0 radical (unpaired) electrons. The molecule has 0 aromatic heterocycles. The van der Waals surface area contributed by atoms with Crippen molar-refractivity contribution < 1.29 is 19.0 Å². The van der Waals surface area contributed by atoms with Gasteiger partial charge in [-0.2, -0.15) is 0 Å². The van der Waals surface area contributed by atoms with E-state index in [1.54, 1.807) is 21.0 Å². The van der Waals surface area contributed by atoms with Crippen LogP contribution in [0.25, 0.3) is 0 Å². The average molecular weight is 304 g/mol. The van der Waals surface area contributed by atoms with E-state index in [1.807, 2.05) is 24.3 Å². The Morgan fingerprint density at radius 2 is 1.91 bits per heavy atom. The molecule has 1 heterocycles. The molecule has 0 fully saturated rings. The minimum absolute atomic E-state index is 0.311. The van der Waals surface area contributed by atoms with Crippen LogP contribution in [0.4, 0.5) is 0 Å². The van der Waals surface area contributed by atoms with Gasteiger partial charge in [0, 0.05) is 5.70 Å². The second-order valence-corrected chi connectivity index (χ2v) is 4.70. The molecule has 22 heavy (non-hydrogen) atoms. The van der Waals surface area contributed by atoms with Crippen molar-refractivity contribution in [2.24, 2.45) is 4.99 Å². The summed E-state index contributed by atoms with van der Waals surface area (Å²) in [6, 6.07) is 7.30. The molecule has 0 saturated heterocycles. The maximum atomic E-state index is 12.3. The quantitative estimate of drug-likeness (QED) is 0.863. The van der Waals surface area contributed by atoms with Gasteiger partial charge in [0.15, 0.2) is 0 Å². The molecule has 118 valence electrons. The predicted octanol–water partition coefficient (Wildman–Crippen LogP) is 2.18. The van der Waals surface area contributed by atoms with Crippen molar-refractivity contribution in [2.45, 2.75) is 19.9 Å². The predicted molar refractivity (Wildman–Crippen MR) is 82.6 cm³/mol. The van der Waals surface area contributed by atoms with E-state index in [9.17, 15) is 4.79 Å². The normalized spacial score (nSPS) is 17.5. The molecule has 0 amide bonds. The molecule has 2 rings (SSSR count). The van der Waals surface area contributed by atoms with Crippen LogP contribution in [0.2, 0.25) is 0 Å². The Bertz CT molecular complexity index is 605. The fraction of sp³-hybridized carbons (Fsp3) is 0.375. The van der Waals surface area contributed by atoms with Crippen molar-refractivity contribution in [3.05, 3.63) is 41.1 Å². The number of carbonyl (C=O) groups excluding carboxylic acids is 1. The highest BCUT2D eigenvalue weighted by molar-refractivity contribution is 5.94. The average Bonchev–Trinajstić information content (AvgIpc) is 2.54. The van der Waals surface area contributed by atoms with Crippen LogP contribution in [-0.2, 0) is 14.3 Å². The van der Waals surface area contributed by atoms with Crippen molar-refractivity contribution in [3.63, 3.8) is 0 Å². The molecule has 1 aromatic rings. The third kappa shape index (κ3) is 3.21. The third-order valence-corrected chi connectivity index (χ3v) is 3.34. The van der Waals surface area contributed by atoms with Gasteiger partial charge in [-0.1, -0.05) is 12.1 Å². The molecular weight excluding hydrogens is 284 g/mol. The number of nitrogens with zero attached hydrogens (tertiary/aromatic N) is 1. The van der Waals surface area contributed by atoms with Crippen LogP contribution in [0.15, 0.2) is 40.5 Å². The van der Waals surface area contributed by atoms with Crippen LogP contribution < -0.4 is 10.1 Å². The zero-order valence-electron chi connectivity index (χ0n) is 13.2. The van der Waals surface area contributed by atoms with Crippen LogP contribution in [0.1, 0.15) is 25.5 Å². The van der Waals surface area contributed by atoms with E-state index in [1.165, 1.54) is 7.11 Å². The first-order valence-electron chi connectivity index (χ1n) is 7.01.